The third kappa shape index (κ3) is 4.08. The molecular formula is C16H22N2O2. The second-order valence-electron chi connectivity index (χ2n) is 5.33. The van der Waals surface area contributed by atoms with Crippen molar-refractivity contribution in [2.24, 2.45) is 0 Å². The van der Waals surface area contributed by atoms with Gasteiger partial charge in [0.1, 0.15) is 0 Å². The molecule has 1 N–H and O–H groups in total. The maximum Gasteiger partial charge on any atom is 0.240 e. The number of carbonyl (C=O) groups is 2. The largest absolute Gasteiger partial charge is 0.348 e. The highest BCUT2D eigenvalue weighted by molar-refractivity contribution is 5.85. The van der Waals surface area contributed by atoms with Gasteiger partial charge in [-0.15, -0.1) is 0 Å². The summed E-state index contributed by atoms with van der Waals surface area (Å²) < 4.78 is 0. The van der Waals surface area contributed by atoms with E-state index in [0.717, 1.165) is 24.8 Å². The van der Waals surface area contributed by atoms with Crippen LogP contribution in [0.1, 0.15) is 44.2 Å². The van der Waals surface area contributed by atoms with Crippen LogP contribution in [0.4, 0.5) is 0 Å². The van der Waals surface area contributed by atoms with Crippen LogP contribution in [0.3, 0.4) is 0 Å². The monoisotopic (exact) mass is 274 g/mol. The summed E-state index contributed by atoms with van der Waals surface area (Å²) in [6.45, 7) is 2.83. The van der Waals surface area contributed by atoms with Crippen molar-refractivity contribution < 1.29 is 9.59 Å². The Kier molecular flexibility index (Phi) is 5.16. The molecule has 20 heavy (non-hydrogen) atoms. The summed E-state index contributed by atoms with van der Waals surface area (Å²) in [6, 6.07) is 9.80. The molecule has 1 aromatic rings. The maximum absolute atomic E-state index is 12.0. The molecule has 4 nitrogen and oxygen atoms in total. The summed E-state index contributed by atoms with van der Waals surface area (Å²) in [6.07, 6.45) is 3.58. The van der Waals surface area contributed by atoms with Crippen molar-refractivity contribution >= 4 is 11.8 Å². The van der Waals surface area contributed by atoms with E-state index >= 15 is 0 Å². The van der Waals surface area contributed by atoms with Crippen LogP contribution >= 0.6 is 0 Å². The molecule has 0 aromatic heterocycles. The molecule has 0 aliphatic carbocycles. The number of carbonyl (C=O) groups excluding carboxylic acids is 2. The van der Waals surface area contributed by atoms with Crippen LogP contribution < -0.4 is 5.32 Å². The molecule has 1 aliphatic heterocycles. The van der Waals surface area contributed by atoms with Crippen molar-refractivity contribution in [2.75, 3.05) is 13.1 Å². The third-order valence-corrected chi connectivity index (χ3v) is 3.68. The van der Waals surface area contributed by atoms with Crippen LogP contribution in [0.2, 0.25) is 0 Å². The SMILES string of the molecule is CC(NC(=O)CN1CCCCCC1=O)c1ccccc1. The zero-order valence-corrected chi connectivity index (χ0v) is 12.0. The molecule has 0 spiro atoms. The average Bonchev–Trinajstić information content (AvgIpc) is 2.65. The number of benzene rings is 1. The molecule has 2 rings (SSSR count). The maximum atomic E-state index is 12.0. The zero-order chi connectivity index (χ0) is 14.4. The van der Waals surface area contributed by atoms with Gasteiger partial charge in [0.25, 0.3) is 0 Å². The summed E-state index contributed by atoms with van der Waals surface area (Å²) in [5.41, 5.74) is 1.07. The molecule has 0 saturated carbocycles. The van der Waals surface area contributed by atoms with Crippen LogP contribution in [0.15, 0.2) is 30.3 Å². The molecule has 1 atom stereocenters. The fourth-order valence-corrected chi connectivity index (χ4v) is 2.49. The predicted molar refractivity (Wildman–Crippen MR) is 78.0 cm³/mol. The highest BCUT2D eigenvalue weighted by atomic mass is 16.2. The number of hydrogen-bond acceptors (Lipinski definition) is 2. The fraction of sp³-hybridized carbons (Fsp3) is 0.500. The van der Waals surface area contributed by atoms with Crippen molar-refractivity contribution in [1.82, 2.24) is 10.2 Å². The minimum atomic E-state index is -0.0865. The molecule has 1 heterocycles. The lowest BCUT2D eigenvalue weighted by Crippen LogP contribution is -2.41. The fourth-order valence-electron chi connectivity index (χ4n) is 2.49. The van der Waals surface area contributed by atoms with Crippen LogP contribution in [0.25, 0.3) is 0 Å². The Morgan fingerprint density at radius 2 is 2.00 bits per heavy atom. The summed E-state index contributed by atoms with van der Waals surface area (Å²) >= 11 is 0. The molecule has 2 amide bonds. The van der Waals surface area contributed by atoms with Gasteiger partial charge in [-0.1, -0.05) is 36.8 Å². The molecule has 1 aromatic carbocycles. The second kappa shape index (κ2) is 7.08. The molecule has 1 unspecified atom stereocenters. The van der Waals surface area contributed by atoms with Gasteiger partial charge in [0, 0.05) is 13.0 Å². The van der Waals surface area contributed by atoms with Crippen molar-refractivity contribution in [1.29, 1.82) is 0 Å². The lowest BCUT2D eigenvalue weighted by Gasteiger charge is -2.21. The van der Waals surface area contributed by atoms with Gasteiger partial charge in [-0.25, -0.2) is 0 Å². The van der Waals surface area contributed by atoms with E-state index in [1.165, 1.54) is 0 Å². The first kappa shape index (κ1) is 14.6. The van der Waals surface area contributed by atoms with Gasteiger partial charge >= 0.3 is 0 Å². The smallest absolute Gasteiger partial charge is 0.240 e. The van der Waals surface area contributed by atoms with E-state index in [2.05, 4.69) is 5.32 Å². The number of rotatable bonds is 4. The van der Waals surface area contributed by atoms with Crippen LogP contribution in [-0.2, 0) is 9.59 Å². The van der Waals surface area contributed by atoms with Crippen molar-refractivity contribution in [2.45, 2.75) is 38.6 Å². The first-order valence-corrected chi connectivity index (χ1v) is 7.29. The van der Waals surface area contributed by atoms with E-state index in [9.17, 15) is 9.59 Å². The van der Waals surface area contributed by atoms with Crippen LogP contribution in [-0.4, -0.2) is 29.8 Å². The summed E-state index contributed by atoms with van der Waals surface area (Å²) in [7, 11) is 0. The quantitative estimate of drug-likeness (QED) is 0.915. The standard InChI is InChI=1S/C16H22N2O2/c1-13(14-8-4-2-5-9-14)17-15(19)12-18-11-7-3-6-10-16(18)20/h2,4-5,8-9,13H,3,6-7,10-12H2,1H3,(H,17,19). The first-order valence-electron chi connectivity index (χ1n) is 7.29. The Labute approximate surface area is 120 Å². The van der Waals surface area contributed by atoms with Gasteiger partial charge < -0.3 is 10.2 Å². The minimum Gasteiger partial charge on any atom is -0.348 e. The highest BCUT2D eigenvalue weighted by Crippen LogP contribution is 2.13. The van der Waals surface area contributed by atoms with Crippen LogP contribution in [0.5, 0.6) is 0 Å². The van der Waals surface area contributed by atoms with Gasteiger partial charge in [0.2, 0.25) is 11.8 Å². The van der Waals surface area contributed by atoms with Gasteiger partial charge in [-0.2, -0.15) is 0 Å². The Bertz CT molecular complexity index is 459. The molecule has 1 aliphatic rings. The predicted octanol–water partition coefficient (Wildman–Crippen LogP) is 2.27. The minimum absolute atomic E-state index is 0.0363. The number of hydrogen-bond donors (Lipinski definition) is 1. The van der Waals surface area contributed by atoms with Gasteiger partial charge in [-0.3, -0.25) is 9.59 Å². The number of nitrogens with one attached hydrogen (secondary N) is 1. The van der Waals surface area contributed by atoms with Crippen molar-refractivity contribution in [3.63, 3.8) is 0 Å². The van der Waals surface area contributed by atoms with Gasteiger partial charge in [0.15, 0.2) is 0 Å². The molecule has 1 saturated heterocycles. The lowest BCUT2D eigenvalue weighted by atomic mass is 10.1. The molecule has 108 valence electrons. The Morgan fingerprint density at radius 1 is 1.25 bits per heavy atom. The summed E-state index contributed by atoms with van der Waals surface area (Å²) in [5, 5.41) is 2.95. The van der Waals surface area contributed by atoms with E-state index in [4.69, 9.17) is 0 Å². The first-order chi connectivity index (χ1) is 9.66. The molecule has 1 fully saturated rings. The van der Waals surface area contributed by atoms with E-state index in [-0.39, 0.29) is 24.4 Å². The molecular weight excluding hydrogens is 252 g/mol. The zero-order valence-electron chi connectivity index (χ0n) is 12.0. The number of amides is 2. The Balaban J connectivity index is 1.87. The number of nitrogens with zero attached hydrogens (tertiary/aromatic N) is 1. The van der Waals surface area contributed by atoms with E-state index in [1.807, 2.05) is 37.3 Å². The summed E-state index contributed by atoms with van der Waals surface area (Å²) in [4.78, 5) is 25.6. The van der Waals surface area contributed by atoms with Gasteiger partial charge in [-0.05, 0) is 25.3 Å². The van der Waals surface area contributed by atoms with Crippen molar-refractivity contribution in [3.05, 3.63) is 35.9 Å². The normalized spacial score (nSPS) is 17.4. The highest BCUT2D eigenvalue weighted by Gasteiger charge is 2.20. The molecule has 4 heteroatoms. The Morgan fingerprint density at radius 3 is 2.75 bits per heavy atom. The van der Waals surface area contributed by atoms with Crippen LogP contribution in [0, 0.1) is 0 Å². The lowest BCUT2D eigenvalue weighted by molar-refractivity contribution is -0.135. The van der Waals surface area contributed by atoms with Crippen molar-refractivity contribution in [3.8, 4) is 0 Å². The Hall–Kier alpha value is -1.84. The van der Waals surface area contributed by atoms with E-state index in [1.54, 1.807) is 4.90 Å². The van der Waals surface area contributed by atoms with E-state index in [0.29, 0.717) is 13.0 Å². The molecule has 0 bridgehead atoms. The molecule has 0 radical (unpaired) electrons. The number of likely N-dealkylation sites (tertiary alicyclic amines) is 1. The topological polar surface area (TPSA) is 49.4 Å². The average molecular weight is 274 g/mol. The second-order valence-corrected chi connectivity index (χ2v) is 5.33. The third-order valence-electron chi connectivity index (χ3n) is 3.68. The summed E-state index contributed by atoms with van der Waals surface area (Å²) in [5.74, 6) is 0.0154. The van der Waals surface area contributed by atoms with E-state index < -0.39 is 0 Å². The van der Waals surface area contributed by atoms with Gasteiger partial charge in [0.05, 0.1) is 12.6 Å².